The zero-order valence-electron chi connectivity index (χ0n) is 26.6. The summed E-state index contributed by atoms with van der Waals surface area (Å²) in [5.74, 6) is 0.615. The number of thioether (sulfide) groups is 1. The van der Waals surface area contributed by atoms with Crippen LogP contribution in [0.4, 0.5) is 23.7 Å². The molecule has 0 saturated carbocycles. The highest BCUT2D eigenvalue weighted by molar-refractivity contribution is 8.14. The smallest absolute Gasteiger partial charge is 0.406 e. The van der Waals surface area contributed by atoms with E-state index in [-0.39, 0.29) is 17.4 Å². The predicted molar refractivity (Wildman–Crippen MR) is 179 cm³/mol. The van der Waals surface area contributed by atoms with Crippen molar-refractivity contribution < 1.29 is 27.5 Å². The molecule has 0 saturated heterocycles. The highest BCUT2D eigenvalue weighted by atomic mass is 32.2. The Balaban J connectivity index is 1.30. The maximum absolute atomic E-state index is 12.7. The predicted octanol–water partition coefficient (Wildman–Crippen LogP) is 7.72. The van der Waals surface area contributed by atoms with Gasteiger partial charge in [0.1, 0.15) is 18.4 Å². The Hall–Kier alpha value is -4.65. The molecular formula is C34H37F3N6O3S. The first-order valence-corrected chi connectivity index (χ1v) is 16.1. The third-order valence-corrected chi connectivity index (χ3v) is 8.04. The van der Waals surface area contributed by atoms with E-state index in [2.05, 4.69) is 45.0 Å². The lowest BCUT2D eigenvalue weighted by Crippen LogP contribution is -2.29. The number of ether oxygens (including phenoxy) is 1. The van der Waals surface area contributed by atoms with Crippen LogP contribution in [0, 0.1) is 6.92 Å². The Labute approximate surface area is 276 Å². The monoisotopic (exact) mass is 666 g/mol. The van der Waals surface area contributed by atoms with E-state index < -0.39 is 12.4 Å². The number of aromatic nitrogens is 3. The van der Waals surface area contributed by atoms with E-state index in [9.17, 15) is 22.8 Å². The molecular weight excluding hydrogens is 629 g/mol. The van der Waals surface area contributed by atoms with Gasteiger partial charge in [-0.25, -0.2) is 14.5 Å². The third kappa shape index (κ3) is 10.4. The first-order valence-electron chi connectivity index (χ1n) is 15.1. The Morgan fingerprint density at radius 1 is 1.11 bits per heavy atom. The number of aliphatic imine (C=N–C) groups is 1. The van der Waals surface area contributed by atoms with Gasteiger partial charge in [-0.2, -0.15) is 4.99 Å². The molecule has 2 amide bonds. The molecule has 0 bridgehead atoms. The number of aryl methyl sites for hydroxylation is 2. The molecule has 3 aromatic carbocycles. The summed E-state index contributed by atoms with van der Waals surface area (Å²) in [6.45, 7) is 6.71. The van der Waals surface area contributed by atoms with Crippen LogP contribution in [-0.2, 0) is 11.2 Å². The molecule has 1 heterocycles. The van der Waals surface area contributed by atoms with Crippen molar-refractivity contribution >= 4 is 34.9 Å². The van der Waals surface area contributed by atoms with Crippen molar-refractivity contribution in [2.24, 2.45) is 4.99 Å². The Kier molecular flexibility index (Phi) is 12.2. The van der Waals surface area contributed by atoms with Crippen LogP contribution in [-0.4, -0.2) is 58.0 Å². The first-order chi connectivity index (χ1) is 22.4. The summed E-state index contributed by atoms with van der Waals surface area (Å²) in [5, 5.41) is 7.78. The van der Waals surface area contributed by atoms with Crippen molar-refractivity contribution in [1.29, 1.82) is 0 Å². The summed E-state index contributed by atoms with van der Waals surface area (Å²) in [6, 6.07) is 18.9. The fraction of sp³-hybridized carbons (Fsp3) is 0.324. The number of nitrogens with zero attached hydrogens (tertiary/aromatic N) is 5. The van der Waals surface area contributed by atoms with Crippen LogP contribution in [0.25, 0.3) is 17.1 Å². The summed E-state index contributed by atoms with van der Waals surface area (Å²) in [7, 11) is 1.85. The van der Waals surface area contributed by atoms with Gasteiger partial charge in [0.25, 0.3) is 0 Å². The van der Waals surface area contributed by atoms with Gasteiger partial charge in [0.05, 0.1) is 11.4 Å². The molecule has 4 aromatic rings. The summed E-state index contributed by atoms with van der Waals surface area (Å²) in [5.41, 5.74) is 5.64. The van der Waals surface area contributed by atoms with E-state index in [0.717, 1.165) is 53.5 Å². The zero-order chi connectivity index (χ0) is 34.0. The number of urea groups is 1. The molecule has 0 unspecified atom stereocenters. The minimum absolute atomic E-state index is 0.183. The fourth-order valence-corrected chi connectivity index (χ4v) is 5.48. The van der Waals surface area contributed by atoms with Gasteiger partial charge in [-0.3, -0.25) is 0 Å². The number of hydrogen-bond acceptors (Lipinski definition) is 6. The molecule has 1 N–H and O–H groups in total. The van der Waals surface area contributed by atoms with Crippen molar-refractivity contribution in [3.8, 4) is 22.8 Å². The summed E-state index contributed by atoms with van der Waals surface area (Å²) in [6.07, 6.45) is -0.154. The van der Waals surface area contributed by atoms with Crippen LogP contribution in [0.2, 0.25) is 0 Å². The van der Waals surface area contributed by atoms with Crippen molar-refractivity contribution in [3.05, 3.63) is 89.7 Å². The van der Waals surface area contributed by atoms with Crippen molar-refractivity contribution in [2.45, 2.75) is 52.3 Å². The Morgan fingerprint density at radius 3 is 2.57 bits per heavy atom. The zero-order valence-corrected chi connectivity index (χ0v) is 27.4. The first kappa shape index (κ1) is 35.2. The topological polar surface area (TPSA) is 102 Å². The van der Waals surface area contributed by atoms with Gasteiger partial charge in [-0.05, 0) is 79.6 Å². The molecule has 0 fully saturated rings. The molecule has 13 heteroatoms. The Bertz CT molecular complexity index is 1690. The number of aldehydes is 1. The van der Waals surface area contributed by atoms with Gasteiger partial charge < -0.3 is 19.7 Å². The molecule has 4 rings (SSSR count). The quantitative estimate of drug-likeness (QED) is 0.0715. The molecule has 47 heavy (non-hydrogen) atoms. The van der Waals surface area contributed by atoms with Crippen LogP contribution in [0.3, 0.4) is 0 Å². The van der Waals surface area contributed by atoms with E-state index >= 15 is 0 Å². The lowest BCUT2D eigenvalue weighted by Gasteiger charge is -2.25. The fourth-order valence-electron chi connectivity index (χ4n) is 4.82. The van der Waals surface area contributed by atoms with Gasteiger partial charge in [0, 0.05) is 24.8 Å². The van der Waals surface area contributed by atoms with E-state index in [4.69, 9.17) is 0 Å². The number of halogens is 3. The normalized spacial score (nSPS) is 11.9. The Morgan fingerprint density at radius 2 is 1.87 bits per heavy atom. The third-order valence-electron chi connectivity index (χ3n) is 7.11. The molecule has 9 nitrogen and oxygen atoms in total. The van der Waals surface area contributed by atoms with Gasteiger partial charge in [-0.15, -0.1) is 18.3 Å². The summed E-state index contributed by atoms with van der Waals surface area (Å²) >= 11 is 1.21. The standard InChI is InChI=1S/C34H37F3N6O3S/c1-23(2)29-20-24(3)11-16-30(29)42(4)33(47-19-18-44)40-32(45)38-17-6-5-8-25-9-7-10-26(21-25)31-39-22-43(41-31)27-12-14-28(15-13-27)46-34(35,36)37/h7,9-16,18,20-23H,5-6,8,17,19H2,1-4H3,(H,38,45)/b40-33-. The second-order valence-corrected chi connectivity index (χ2v) is 12.1. The molecule has 0 radical (unpaired) electrons. The molecule has 0 atom stereocenters. The number of carbonyl (C=O) groups excluding carboxylic acids is 2. The maximum atomic E-state index is 12.7. The molecule has 0 aliphatic heterocycles. The summed E-state index contributed by atoms with van der Waals surface area (Å²) < 4.78 is 42.7. The average molecular weight is 667 g/mol. The van der Waals surface area contributed by atoms with Crippen LogP contribution < -0.4 is 15.0 Å². The number of carbonyl (C=O) groups is 2. The van der Waals surface area contributed by atoms with E-state index in [0.29, 0.717) is 23.2 Å². The number of anilines is 1. The number of hydrogen-bond donors (Lipinski definition) is 1. The number of nitrogens with one attached hydrogen (secondary N) is 1. The van der Waals surface area contributed by atoms with Gasteiger partial charge in [0.2, 0.25) is 0 Å². The number of amidine groups is 1. The molecule has 0 aliphatic rings. The second-order valence-electron chi connectivity index (χ2n) is 11.1. The van der Waals surface area contributed by atoms with E-state index in [1.807, 2.05) is 55.3 Å². The minimum atomic E-state index is -4.76. The van der Waals surface area contributed by atoms with E-state index in [1.165, 1.54) is 47.0 Å². The molecule has 1 aromatic heterocycles. The SMILES string of the molecule is Cc1ccc(N(C)/C(=N/C(=O)NCCCCc2cccc(-c3ncn(-c4ccc(OC(F)(F)F)cc4)n3)c2)SCC=O)c(C(C)C)c1. The highest BCUT2D eigenvalue weighted by Gasteiger charge is 2.31. The number of alkyl halides is 3. The van der Waals surface area contributed by atoms with Crippen molar-refractivity contribution in [2.75, 3.05) is 24.2 Å². The van der Waals surface area contributed by atoms with Gasteiger partial charge in [0.15, 0.2) is 11.0 Å². The molecule has 248 valence electrons. The lowest BCUT2D eigenvalue weighted by molar-refractivity contribution is -0.274. The number of amides is 2. The maximum Gasteiger partial charge on any atom is 0.573 e. The van der Waals surface area contributed by atoms with Gasteiger partial charge in [-0.1, -0.05) is 61.5 Å². The number of rotatable bonds is 12. The van der Waals surface area contributed by atoms with Gasteiger partial charge >= 0.3 is 12.4 Å². The van der Waals surface area contributed by atoms with Crippen LogP contribution in [0.5, 0.6) is 5.75 Å². The minimum Gasteiger partial charge on any atom is -0.406 e. The van der Waals surface area contributed by atoms with Crippen LogP contribution >= 0.6 is 11.8 Å². The molecule has 0 spiro atoms. The molecule has 0 aliphatic carbocycles. The summed E-state index contributed by atoms with van der Waals surface area (Å²) in [4.78, 5) is 34.4. The number of benzene rings is 3. The highest BCUT2D eigenvalue weighted by Crippen LogP contribution is 2.30. The average Bonchev–Trinajstić information content (AvgIpc) is 3.53. The van der Waals surface area contributed by atoms with Crippen LogP contribution in [0.1, 0.15) is 49.3 Å². The number of unbranched alkanes of at least 4 members (excludes halogenated alkanes) is 1. The largest absolute Gasteiger partial charge is 0.573 e. The van der Waals surface area contributed by atoms with E-state index in [1.54, 1.807) is 0 Å². The van der Waals surface area contributed by atoms with Crippen molar-refractivity contribution in [3.63, 3.8) is 0 Å². The second kappa shape index (κ2) is 16.3. The van der Waals surface area contributed by atoms with Crippen LogP contribution in [0.15, 0.2) is 78.0 Å². The van der Waals surface area contributed by atoms with Crippen molar-refractivity contribution in [1.82, 2.24) is 20.1 Å². The lowest BCUT2D eigenvalue weighted by atomic mass is 9.98.